The van der Waals surface area contributed by atoms with Gasteiger partial charge in [-0.05, 0) is 50.3 Å². The van der Waals surface area contributed by atoms with E-state index in [4.69, 9.17) is 14.6 Å². The molecule has 27 heavy (non-hydrogen) atoms. The summed E-state index contributed by atoms with van der Waals surface area (Å²) in [5.74, 6) is 2.94. The molecule has 2 heterocycles. The summed E-state index contributed by atoms with van der Waals surface area (Å²) in [6.45, 7) is 6.12. The van der Waals surface area contributed by atoms with Crippen LogP contribution in [0.5, 0.6) is 11.6 Å². The highest BCUT2D eigenvalue weighted by molar-refractivity contribution is 5.83. The minimum atomic E-state index is 0.318. The first-order chi connectivity index (χ1) is 13.1. The third kappa shape index (κ3) is 4.82. The lowest BCUT2D eigenvalue weighted by atomic mass is 9.98. The van der Waals surface area contributed by atoms with Gasteiger partial charge in [0.15, 0.2) is 0 Å². The Kier molecular flexibility index (Phi) is 6.01. The Morgan fingerprint density at radius 1 is 1.19 bits per heavy atom. The molecule has 5 heteroatoms. The van der Waals surface area contributed by atoms with Crippen molar-refractivity contribution in [3.63, 3.8) is 0 Å². The van der Waals surface area contributed by atoms with E-state index in [0.717, 1.165) is 41.3 Å². The van der Waals surface area contributed by atoms with Crippen molar-refractivity contribution in [1.82, 2.24) is 9.97 Å². The number of pyridine rings is 1. The van der Waals surface area contributed by atoms with Gasteiger partial charge in [-0.2, -0.15) is 0 Å². The predicted octanol–water partition coefficient (Wildman–Crippen LogP) is 5.84. The quantitative estimate of drug-likeness (QED) is 0.511. The fourth-order valence-electron chi connectivity index (χ4n) is 2.71. The first-order valence-electron chi connectivity index (χ1n) is 9.29. The monoisotopic (exact) mass is 363 g/mol. The summed E-state index contributed by atoms with van der Waals surface area (Å²) in [7, 11) is 0. The van der Waals surface area contributed by atoms with Gasteiger partial charge in [0.2, 0.25) is 11.8 Å². The van der Waals surface area contributed by atoms with Crippen LogP contribution in [-0.4, -0.2) is 15.7 Å². The van der Waals surface area contributed by atoms with Crippen LogP contribution in [0.4, 0.5) is 0 Å². The average molecular weight is 363 g/mol. The molecule has 1 N–H and O–H groups in total. The van der Waals surface area contributed by atoms with E-state index in [-0.39, 0.29) is 0 Å². The standard InChI is InChI=1S/C22H25N3O2/c1-4-15(2)19(23)11-12-20-16(3)26-22(25-20)17-10-13-21(24-14-17)27-18-8-6-5-7-9-18/h5-10,13-15,23H,4,11-12H2,1-3H3. The van der Waals surface area contributed by atoms with Crippen LogP contribution in [0.15, 0.2) is 53.1 Å². The first-order valence-corrected chi connectivity index (χ1v) is 9.29. The fraction of sp³-hybridized carbons (Fsp3) is 0.318. The number of para-hydroxylation sites is 1. The molecular weight excluding hydrogens is 338 g/mol. The lowest BCUT2D eigenvalue weighted by Crippen LogP contribution is -2.10. The van der Waals surface area contributed by atoms with Crippen molar-refractivity contribution in [2.45, 2.75) is 40.0 Å². The van der Waals surface area contributed by atoms with Crippen molar-refractivity contribution in [1.29, 1.82) is 5.41 Å². The number of aryl methyl sites for hydroxylation is 2. The lowest BCUT2D eigenvalue weighted by Gasteiger charge is -2.09. The Morgan fingerprint density at radius 3 is 2.63 bits per heavy atom. The molecule has 0 aliphatic heterocycles. The number of rotatable bonds is 8. The van der Waals surface area contributed by atoms with Gasteiger partial charge in [0.05, 0.1) is 11.3 Å². The summed E-state index contributed by atoms with van der Waals surface area (Å²) in [6.07, 6.45) is 4.13. The SMILES string of the molecule is CCC(C)C(=N)CCc1nc(-c2ccc(Oc3ccccc3)nc2)oc1C. The smallest absolute Gasteiger partial charge is 0.228 e. The fourth-order valence-corrected chi connectivity index (χ4v) is 2.71. The molecule has 0 fully saturated rings. The van der Waals surface area contributed by atoms with Crippen LogP contribution in [0.3, 0.4) is 0 Å². The second-order valence-corrected chi connectivity index (χ2v) is 6.66. The molecule has 5 nitrogen and oxygen atoms in total. The van der Waals surface area contributed by atoms with Gasteiger partial charge in [0.1, 0.15) is 11.5 Å². The number of ether oxygens (including phenoxy) is 1. The third-order valence-corrected chi connectivity index (χ3v) is 4.68. The highest BCUT2D eigenvalue weighted by Gasteiger charge is 2.14. The number of nitrogens with zero attached hydrogens (tertiary/aromatic N) is 2. The van der Waals surface area contributed by atoms with Crippen molar-refractivity contribution in [2.75, 3.05) is 0 Å². The van der Waals surface area contributed by atoms with Gasteiger partial charge >= 0.3 is 0 Å². The molecule has 0 saturated carbocycles. The molecule has 0 saturated heterocycles. The van der Waals surface area contributed by atoms with E-state index in [1.54, 1.807) is 12.3 Å². The van der Waals surface area contributed by atoms with Gasteiger partial charge in [-0.15, -0.1) is 0 Å². The second kappa shape index (κ2) is 8.62. The molecule has 1 atom stereocenters. The van der Waals surface area contributed by atoms with Crippen LogP contribution < -0.4 is 4.74 Å². The molecule has 0 amide bonds. The van der Waals surface area contributed by atoms with Crippen LogP contribution in [0.2, 0.25) is 0 Å². The van der Waals surface area contributed by atoms with Gasteiger partial charge in [-0.3, -0.25) is 0 Å². The molecule has 0 aliphatic carbocycles. The molecule has 0 aliphatic rings. The summed E-state index contributed by atoms with van der Waals surface area (Å²) in [4.78, 5) is 8.95. The number of oxazole rings is 1. The van der Waals surface area contributed by atoms with Gasteiger partial charge < -0.3 is 14.6 Å². The molecular formula is C22H25N3O2. The Labute approximate surface area is 159 Å². The zero-order valence-electron chi connectivity index (χ0n) is 16.0. The van der Waals surface area contributed by atoms with Gasteiger partial charge in [-0.1, -0.05) is 32.0 Å². The maximum Gasteiger partial charge on any atom is 0.228 e. The zero-order valence-corrected chi connectivity index (χ0v) is 16.0. The third-order valence-electron chi connectivity index (χ3n) is 4.68. The van der Waals surface area contributed by atoms with Crippen LogP contribution in [-0.2, 0) is 6.42 Å². The second-order valence-electron chi connectivity index (χ2n) is 6.66. The average Bonchev–Trinajstić information content (AvgIpc) is 3.07. The van der Waals surface area contributed by atoms with Crippen molar-refractivity contribution < 1.29 is 9.15 Å². The molecule has 0 spiro atoms. The minimum absolute atomic E-state index is 0.318. The maximum atomic E-state index is 8.12. The van der Waals surface area contributed by atoms with Crippen molar-refractivity contribution >= 4 is 5.71 Å². The Morgan fingerprint density at radius 2 is 1.96 bits per heavy atom. The van der Waals surface area contributed by atoms with Crippen molar-refractivity contribution in [3.8, 4) is 23.1 Å². The van der Waals surface area contributed by atoms with Crippen molar-refractivity contribution in [3.05, 3.63) is 60.1 Å². The van der Waals surface area contributed by atoms with E-state index in [1.807, 2.05) is 43.3 Å². The maximum absolute atomic E-state index is 8.12. The van der Waals surface area contributed by atoms with E-state index in [9.17, 15) is 0 Å². The summed E-state index contributed by atoms with van der Waals surface area (Å²) in [6, 6.07) is 13.2. The summed E-state index contributed by atoms with van der Waals surface area (Å²) in [5.41, 5.74) is 2.48. The van der Waals surface area contributed by atoms with E-state index >= 15 is 0 Å². The summed E-state index contributed by atoms with van der Waals surface area (Å²) in [5, 5.41) is 8.12. The van der Waals surface area contributed by atoms with Crippen LogP contribution in [0.25, 0.3) is 11.5 Å². The number of hydrogen-bond donors (Lipinski definition) is 1. The van der Waals surface area contributed by atoms with E-state index in [0.29, 0.717) is 24.1 Å². The van der Waals surface area contributed by atoms with E-state index < -0.39 is 0 Å². The zero-order chi connectivity index (χ0) is 19.2. The van der Waals surface area contributed by atoms with Gasteiger partial charge in [0.25, 0.3) is 0 Å². The lowest BCUT2D eigenvalue weighted by molar-refractivity contribution is 0.463. The van der Waals surface area contributed by atoms with Crippen LogP contribution in [0, 0.1) is 18.3 Å². The first kappa shape index (κ1) is 18.8. The molecule has 0 radical (unpaired) electrons. The number of nitrogens with one attached hydrogen (secondary N) is 1. The van der Waals surface area contributed by atoms with Gasteiger partial charge in [-0.25, -0.2) is 9.97 Å². The van der Waals surface area contributed by atoms with E-state index in [1.165, 1.54) is 0 Å². The molecule has 3 rings (SSSR count). The normalized spacial score (nSPS) is 12.0. The Hall–Kier alpha value is -2.95. The number of hydrogen-bond acceptors (Lipinski definition) is 5. The topological polar surface area (TPSA) is 72.0 Å². The van der Waals surface area contributed by atoms with Gasteiger partial charge in [0, 0.05) is 18.0 Å². The highest BCUT2D eigenvalue weighted by Crippen LogP contribution is 2.25. The molecule has 2 aromatic heterocycles. The van der Waals surface area contributed by atoms with E-state index in [2.05, 4.69) is 23.8 Å². The molecule has 0 bridgehead atoms. The number of benzene rings is 1. The van der Waals surface area contributed by atoms with Crippen LogP contribution >= 0.6 is 0 Å². The predicted molar refractivity (Wildman–Crippen MR) is 106 cm³/mol. The molecule has 1 unspecified atom stereocenters. The Balaban J connectivity index is 1.67. The van der Waals surface area contributed by atoms with Crippen molar-refractivity contribution in [2.24, 2.45) is 5.92 Å². The molecule has 140 valence electrons. The highest BCUT2D eigenvalue weighted by atomic mass is 16.5. The molecule has 1 aromatic carbocycles. The summed E-state index contributed by atoms with van der Waals surface area (Å²) >= 11 is 0. The molecule has 3 aromatic rings. The summed E-state index contributed by atoms with van der Waals surface area (Å²) < 4.78 is 11.5. The Bertz CT molecular complexity index is 886. The number of aromatic nitrogens is 2. The minimum Gasteiger partial charge on any atom is -0.441 e. The van der Waals surface area contributed by atoms with Crippen LogP contribution in [0.1, 0.15) is 38.1 Å². The largest absolute Gasteiger partial charge is 0.441 e.